The standard InChI is InChI=1S/C14H24N2O2S/c1-2-17-6-7-18-9-12-4-3-5-16(8-12)14-11-19-10-13(14)15/h10-12H,2-9,15H2,1H3. The Kier molecular flexibility index (Phi) is 5.94. The zero-order valence-corrected chi connectivity index (χ0v) is 12.5. The van der Waals surface area contributed by atoms with Gasteiger partial charge in [-0.1, -0.05) is 0 Å². The number of anilines is 2. The summed E-state index contributed by atoms with van der Waals surface area (Å²) in [5.41, 5.74) is 8.10. The van der Waals surface area contributed by atoms with E-state index < -0.39 is 0 Å². The summed E-state index contributed by atoms with van der Waals surface area (Å²) in [5, 5.41) is 4.16. The molecule has 1 aliphatic heterocycles. The summed E-state index contributed by atoms with van der Waals surface area (Å²) in [7, 11) is 0. The Labute approximate surface area is 119 Å². The largest absolute Gasteiger partial charge is 0.396 e. The number of nitrogens with two attached hydrogens (primary N) is 1. The lowest BCUT2D eigenvalue weighted by molar-refractivity contribution is 0.0352. The normalized spacial score (nSPS) is 19.8. The van der Waals surface area contributed by atoms with Crippen molar-refractivity contribution in [2.75, 3.05) is 50.2 Å². The molecule has 1 aromatic rings. The Morgan fingerprint density at radius 2 is 2.21 bits per heavy atom. The minimum atomic E-state index is 0.606. The third-order valence-electron chi connectivity index (χ3n) is 3.46. The summed E-state index contributed by atoms with van der Waals surface area (Å²) in [6.45, 7) is 7.15. The Bertz CT molecular complexity index is 370. The van der Waals surface area contributed by atoms with Crippen molar-refractivity contribution < 1.29 is 9.47 Å². The zero-order valence-electron chi connectivity index (χ0n) is 11.6. The van der Waals surface area contributed by atoms with Gasteiger partial charge in [0.15, 0.2) is 0 Å². The van der Waals surface area contributed by atoms with Gasteiger partial charge >= 0.3 is 0 Å². The molecule has 1 aliphatic rings. The van der Waals surface area contributed by atoms with Crippen molar-refractivity contribution in [1.82, 2.24) is 0 Å². The van der Waals surface area contributed by atoms with E-state index in [0.29, 0.717) is 19.1 Å². The Hall–Kier alpha value is -0.780. The Balaban J connectivity index is 1.73. The summed E-state index contributed by atoms with van der Waals surface area (Å²) < 4.78 is 11.0. The highest BCUT2D eigenvalue weighted by molar-refractivity contribution is 7.08. The van der Waals surface area contributed by atoms with Crippen molar-refractivity contribution in [1.29, 1.82) is 0 Å². The first-order valence-electron chi connectivity index (χ1n) is 7.03. The SMILES string of the molecule is CCOCCOCC1CCCN(c2cscc2N)C1. The van der Waals surface area contributed by atoms with Gasteiger partial charge in [-0.15, -0.1) is 11.3 Å². The van der Waals surface area contributed by atoms with Crippen LogP contribution in [0.4, 0.5) is 11.4 Å². The van der Waals surface area contributed by atoms with E-state index in [1.54, 1.807) is 11.3 Å². The maximum Gasteiger partial charge on any atom is 0.0708 e. The molecule has 0 saturated carbocycles. The molecule has 4 nitrogen and oxygen atoms in total. The van der Waals surface area contributed by atoms with Crippen LogP contribution >= 0.6 is 11.3 Å². The van der Waals surface area contributed by atoms with Crippen LogP contribution in [0.5, 0.6) is 0 Å². The molecule has 2 N–H and O–H groups in total. The van der Waals surface area contributed by atoms with E-state index in [4.69, 9.17) is 15.2 Å². The van der Waals surface area contributed by atoms with Gasteiger partial charge in [0.1, 0.15) is 0 Å². The average molecular weight is 284 g/mol. The van der Waals surface area contributed by atoms with Crippen LogP contribution < -0.4 is 10.6 Å². The molecular weight excluding hydrogens is 260 g/mol. The van der Waals surface area contributed by atoms with Crippen molar-refractivity contribution in [2.45, 2.75) is 19.8 Å². The molecule has 2 heterocycles. The quantitative estimate of drug-likeness (QED) is 0.782. The van der Waals surface area contributed by atoms with Crippen LogP contribution in [0.15, 0.2) is 10.8 Å². The van der Waals surface area contributed by atoms with Crippen molar-refractivity contribution in [3.05, 3.63) is 10.8 Å². The van der Waals surface area contributed by atoms with Crippen LogP contribution in [0.2, 0.25) is 0 Å². The maximum atomic E-state index is 5.99. The summed E-state index contributed by atoms with van der Waals surface area (Å²) >= 11 is 1.67. The van der Waals surface area contributed by atoms with Crippen LogP contribution in [-0.2, 0) is 9.47 Å². The van der Waals surface area contributed by atoms with E-state index >= 15 is 0 Å². The monoisotopic (exact) mass is 284 g/mol. The topological polar surface area (TPSA) is 47.7 Å². The molecule has 108 valence electrons. The molecule has 0 bridgehead atoms. The minimum absolute atomic E-state index is 0.606. The zero-order chi connectivity index (χ0) is 13.5. The lowest BCUT2D eigenvalue weighted by atomic mass is 9.98. The first kappa shape index (κ1) is 14.6. The summed E-state index contributed by atoms with van der Waals surface area (Å²) in [6, 6.07) is 0. The fraction of sp³-hybridized carbons (Fsp3) is 0.714. The molecule has 0 aromatic carbocycles. The van der Waals surface area contributed by atoms with E-state index in [1.165, 1.54) is 18.5 Å². The molecule has 0 aliphatic carbocycles. The minimum Gasteiger partial charge on any atom is -0.396 e. The van der Waals surface area contributed by atoms with Crippen molar-refractivity contribution >= 4 is 22.7 Å². The number of piperidine rings is 1. The number of nitrogens with zero attached hydrogens (tertiary/aromatic N) is 1. The fourth-order valence-corrected chi connectivity index (χ4v) is 3.24. The highest BCUT2D eigenvalue weighted by Crippen LogP contribution is 2.31. The second-order valence-electron chi connectivity index (χ2n) is 4.94. The molecule has 5 heteroatoms. The van der Waals surface area contributed by atoms with Gasteiger partial charge in [0.2, 0.25) is 0 Å². The summed E-state index contributed by atoms with van der Waals surface area (Å²) in [5.74, 6) is 0.606. The van der Waals surface area contributed by atoms with E-state index in [0.717, 1.165) is 32.0 Å². The third kappa shape index (κ3) is 4.37. The molecule has 1 aromatic heterocycles. The number of nitrogen functional groups attached to an aromatic ring is 1. The molecule has 19 heavy (non-hydrogen) atoms. The van der Waals surface area contributed by atoms with E-state index in [2.05, 4.69) is 10.3 Å². The second-order valence-corrected chi connectivity index (χ2v) is 5.68. The van der Waals surface area contributed by atoms with Gasteiger partial charge in [-0.3, -0.25) is 0 Å². The van der Waals surface area contributed by atoms with E-state index in [1.807, 2.05) is 12.3 Å². The summed E-state index contributed by atoms with van der Waals surface area (Å²) in [4.78, 5) is 2.39. The maximum absolute atomic E-state index is 5.99. The smallest absolute Gasteiger partial charge is 0.0708 e. The summed E-state index contributed by atoms with van der Waals surface area (Å²) in [6.07, 6.45) is 2.46. The molecule has 0 radical (unpaired) electrons. The van der Waals surface area contributed by atoms with Crippen LogP contribution in [0, 0.1) is 5.92 Å². The van der Waals surface area contributed by atoms with Gasteiger partial charge in [-0.2, -0.15) is 0 Å². The highest BCUT2D eigenvalue weighted by atomic mass is 32.1. The van der Waals surface area contributed by atoms with Crippen molar-refractivity contribution in [2.24, 2.45) is 5.92 Å². The Morgan fingerprint density at radius 1 is 1.37 bits per heavy atom. The van der Waals surface area contributed by atoms with Gasteiger partial charge < -0.3 is 20.1 Å². The van der Waals surface area contributed by atoms with Gasteiger partial charge in [0, 0.05) is 30.5 Å². The van der Waals surface area contributed by atoms with Crippen molar-refractivity contribution in [3.8, 4) is 0 Å². The molecular formula is C14H24N2O2S. The third-order valence-corrected chi connectivity index (χ3v) is 4.21. The molecule has 1 atom stereocenters. The van der Waals surface area contributed by atoms with Gasteiger partial charge in [-0.25, -0.2) is 0 Å². The highest BCUT2D eigenvalue weighted by Gasteiger charge is 2.21. The van der Waals surface area contributed by atoms with Crippen LogP contribution in [-0.4, -0.2) is 39.5 Å². The van der Waals surface area contributed by atoms with Crippen LogP contribution in [0.3, 0.4) is 0 Å². The van der Waals surface area contributed by atoms with Gasteiger partial charge in [0.25, 0.3) is 0 Å². The molecule has 2 rings (SSSR count). The van der Waals surface area contributed by atoms with E-state index in [-0.39, 0.29) is 0 Å². The number of ether oxygens (including phenoxy) is 2. The number of rotatable bonds is 7. The van der Waals surface area contributed by atoms with Gasteiger partial charge in [-0.05, 0) is 25.7 Å². The molecule has 0 spiro atoms. The first-order chi connectivity index (χ1) is 9.31. The average Bonchev–Trinajstić information content (AvgIpc) is 2.85. The Morgan fingerprint density at radius 3 is 2.95 bits per heavy atom. The molecule has 1 unspecified atom stereocenters. The second kappa shape index (κ2) is 7.72. The molecule has 1 fully saturated rings. The number of hydrogen-bond donors (Lipinski definition) is 1. The number of hydrogen-bond acceptors (Lipinski definition) is 5. The van der Waals surface area contributed by atoms with Crippen LogP contribution in [0.1, 0.15) is 19.8 Å². The van der Waals surface area contributed by atoms with Gasteiger partial charge in [0.05, 0.1) is 31.2 Å². The lowest BCUT2D eigenvalue weighted by Gasteiger charge is -2.34. The lowest BCUT2D eigenvalue weighted by Crippen LogP contribution is -2.37. The van der Waals surface area contributed by atoms with Crippen molar-refractivity contribution in [3.63, 3.8) is 0 Å². The predicted molar refractivity (Wildman–Crippen MR) is 81.0 cm³/mol. The van der Waals surface area contributed by atoms with E-state index in [9.17, 15) is 0 Å². The number of thiophene rings is 1. The predicted octanol–water partition coefficient (Wildman–Crippen LogP) is 2.60. The molecule has 0 amide bonds. The first-order valence-corrected chi connectivity index (χ1v) is 7.97. The molecule has 1 saturated heterocycles. The fourth-order valence-electron chi connectivity index (χ4n) is 2.49. The van der Waals surface area contributed by atoms with Crippen LogP contribution in [0.25, 0.3) is 0 Å².